The molecule has 0 amide bonds. The van der Waals surface area contributed by atoms with Crippen molar-refractivity contribution in [3.8, 4) is 0 Å². The van der Waals surface area contributed by atoms with E-state index in [9.17, 15) is 9.70 Å². The zero-order valence-electron chi connectivity index (χ0n) is 7.59. The lowest BCUT2D eigenvalue weighted by Gasteiger charge is -2.12. The number of nitroso groups, excluding NO2 is 1. The van der Waals surface area contributed by atoms with Gasteiger partial charge in [0.2, 0.25) is 0 Å². The molecule has 0 radical (unpaired) electrons. The molecule has 0 aliphatic rings. The van der Waals surface area contributed by atoms with Gasteiger partial charge in [0.05, 0.1) is 11.3 Å². The van der Waals surface area contributed by atoms with Crippen molar-refractivity contribution >= 4 is 6.29 Å². The van der Waals surface area contributed by atoms with Crippen LogP contribution < -0.4 is 5.43 Å². The van der Waals surface area contributed by atoms with Gasteiger partial charge in [0.1, 0.15) is 6.29 Å². The molecule has 0 aromatic carbocycles. The molecule has 74 valence electrons. The molecule has 1 heterocycles. The standard InChI is InChI=1S/C9H11N3O2/c13-6-2-4-9(11-12-14)8-3-1-5-10-7-8/h1,3,5-7,9H,2,4H2,(H,11,14). The maximum atomic E-state index is 10.2. The zero-order valence-corrected chi connectivity index (χ0v) is 7.59. The van der Waals surface area contributed by atoms with Crippen LogP contribution in [0, 0.1) is 4.91 Å². The fraction of sp³-hybridized carbons (Fsp3) is 0.333. The summed E-state index contributed by atoms with van der Waals surface area (Å²) in [7, 11) is 0. The third kappa shape index (κ3) is 2.93. The quantitative estimate of drug-likeness (QED) is 0.421. The van der Waals surface area contributed by atoms with Crippen LogP contribution in [0.3, 0.4) is 0 Å². The fourth-order valence-electron chi connectivity index (χ4n) is 1.19. The Morgan fingerprint density at radius 3 is 3.07 bits per heavy atom. The second-order valence-electron chi connectivity index (χ2n) is 2.80. The molecule has 5 nitrogen and oxygen atoms in total. The highest BCUT2D eigenvalue weighted by Gasteiger charge is 2.09. The van der Waals surface area contributed by atoms with Crippen molar-refractivity contribution in [1.29, 1.82) is 0 Å². The summed E-state index contributed by atoms with van der Waals surface area (Å²) < 4.78 is 0. The van der Waals surface area contributed by atoms with E-state index in [1.807, 2.05) is 6.07 Å². The molecule has 0 bridgehead atoms. The van der Waals surface area contributed by atoms with Crippen molar-refractivity contribution in [3.05, 3.63) is 35.0 Å². The number of nitrogens with one attached hydrogen (secondary N) is 1. The summed E-state index contributed by atoms with van der Waals surface area (Å²) in [5.74, 6) is 0. The van der Waals surface area contributed by atoms with E-state index in [0.717, 1.165) is 11.8 Å². The fourth-order valence-corrected chi connectivity index (χ4v) is 1.19. The third-order valence-corrected chi connectivity index (χ3v) is 1.87. The van der Waals surface area contributed by atoms with E-state index >= 15 is 0 Å². The van der Waals surface area contributed by atoms with E-state index in [0.29, 0.717) is 12.8 Å². The molecular weight excluding hydrogens is 182 g/mol. The van der Waals surface area contributed by atoms with Gasteiger partial charge in [-0.2, -0.15) is 0 Å². The lowest BCUT2D eigenvalue weighted by atomic mass is 10.1. The minimum absolute atomic E-state index is 0.230. The highest BCUT2D eigenvalue weighted by molar-refractivity contribution is 5.49. The molecule has 0 aliphatic carbocycles. The minimum Gasteiger partial charge on any atom is -0.303 e. The SMILES string of the molecule is O=CCCC(NN=O)c1cccnc1. The van der Waals surface area contributed by atoms with Gasteiger partial charge in [0.25, 0.3) is 0 Å². The Morgan fingerprint density at radius 2 is 2.50 bits per heavy atom. The molecule has 1 aromatic rings. The normalized spacial score (nSPS) is 11.7. The average molecular weight is 193 g/mol. The number of aldehydes is 1. The topological polar surface area (TPSA) is 71.4 Å². The monoisotopic (exact) mass is 193 g/mol. The Hall–Kier alpha value is -1.78. The lowest BCUT2D eigenvalue weighted by Crippen LogP contribution is -2.15. The maximum absolute atomic E-state index is 10.2. The summed E-state index contributed by atoms with van der Waals surface area (Å²) in [4.78, 5) is 24.2. The minimum atomic E-state index is -0.230. The second-order valence-corrected chi connectivity index (χ2v) is 2.80. The van der Waals surface area contributed by atoms with Gasteiger partial charge in [0.15, 0.2) is 0 Å². The van der Waals surface area contributed by atoms with E-state index in [2.05, 4.69) is 15.7 Å². The molecule has 0 spiro atoms. The summed E-state index contributed by atoms with van der Waals surface area (Å²) in [5, 5.41) is 2.62. The largest absolute Gasteiger partial charge is 0.303 e. The summed E-state index contributed by atoms with van der Waals surface area (Å²) in [6.07, 6.45) is 5.04. The molecule has 1 unspecified atom stereocenters. The van der Waals surface area contributed by atoms with Crippen molar-refractivity contribution in [3.63, 3.8) is 0 Å². The molecule has 5 heteroatoms. The molecule has 1 rings (SSSR count). The van der Waals surface area contributed by atoms with Crippen molar-refractivity contribution in [2.45, 2.75) is 18.9 Å². The number of rotatable bonds is 6. The highest BCUT2D eigenvalue weighted by atomic mass is 16.3. The van der Waals surface area contributed by atoms with Crippen LogP contribution in [0.1, 0.15) is 24.4 Å². The van der Waals surface area contributed by atoms with Crippen LogP contribution in [0.25, 0.3) is 0 Å². The van der Waals surface area contributed by atoms with E-state index in [1.54, 1.807) is 18.5 Å². The van der Waals surface area contributed by atoms with Crippen molar-refractivity contribution in [2.24, 2.45) is 5.29 Å². The van der Waals surface area contributed by atoms with Crippen LogP contribution in [0.5, 0.6) is 0 Å². The first-order valence-corrected chi connectivity index (χ1v) is 4.30. The van der Waals surface area contributed by atoms with E-state index in [-0.39, 0.29) is 6.04 Å². The molecular formula is C9H11N3O2. The van der Waals surface area contributed by atoms with Crippen molar-refractivity contribution < 1.29 is 4.79 Å². The van der Waals surface area contributed by atoms with Crippen LogP contribution in [-0.2, 0) is 4.79 Å². The first kappa shape index (κ1) is 10.3. The predicted molar refractivity (Wildman–Crippen MR) is 51.2 cm³/mol. The first-order chi connectivity index (χ1) is 6.88. The second kappa shape index (κ2) is 5.80. The smallest absolute Gasteiger partial charge is 0.120 e. The van der Waals surface area contributed by atoms with Gasteiger partial charge in [-0.1, -0.05) is 6.07 Å². The van der Waals surface area contributed by atoms with Gasteiger partial charge in [-0.05, 0) is 18.1 Å². The van der Waals surface area contributed by atoms with Gasteiger partial charge in [-0.25, -0.2) is 0 Å². The number of pyridine rings is 1. The number of carbonyl (C=O) groups is 1. The van der Waals surface area contributed by atoms with Crippen LogP contribution in [0.15, 0.2) is 29.8 Å². The van der Waals surface area contributed by atoms with Gasteiger partial charge in [-0.15, -0.1) is 4.91 Å². The van der Waals surface area contributed by atoms with Gasteiger partial charge in [-0.3, -0.25) is 10.4 Å². The summed E-state index contributed by atoms with van der Waals surface area (Å²) in [5.41, 5.74) is 3.26. The van der Waals surface area contributed by atoms with Crippen LogP contribution >= 0.6 is 0 Å². The van der Waals surface area contributed by atoms with Crippen molar-refractivity contribution in [2.75, 3.05) is 0 Å². The van der Waals surface area contributed by atoms with E-state index < -0.39 is 0 Å². The predicted octanol–water partition coefficient (Wildman–Crippen LogP) is 1.37. The molecule has 0 fully saturated rings. The number of aromatic nitrogens is 1. The molecule has 1 aromatic heterocycles. The van der Waals surface area contributed by atoms with Crippen LogP contribution in [0.2, 0.25) is 0 Å². The molecule has 0 saturated heterocycles. The lowest BCUT2D eigenvalue weighted by molar-refractivity contribution is -0.108. The third-order valence-electron chi connectivity index (χ3n) is 1.87. The first-order valence-electron chi connectivity index (χ1n) is 4.30. The van der Waals surface area contributed by atoms with Crippen molar-refractivity contribution in [1.82, 2.24) is 10.4 Å². The molecule has 1 atom stereocenters. The Morgan fingerprint density at radius 1 is 1.64 bits per heavy atom. The van der Waals surface area contributed by atoms with Gasteiger partial charge >= 0.3 is 0 Å². The maximum Gasteiger partial charge on any atom is 0.120 e. The number of hydrogen-bond donors (Lipinski definition) is 1. The highest BCUT2D eigenvalue weighted by Crippen LogP contribution is 2.16. The van der Waals surface area contributed by atoms with Crippen LogP contribution in [-0.4, -0.2) is 11.3 Å². The van der Waals surface area contributed by atoms with Gasteiger partial charge < -0.3 is 4.79 Å². The Labute approximate surface area is 81.5 Å². The van der Waals surface area contributed by atoms with E-state index in [1.165, 1.54) is 0 Å². The van der Waals surface area contributed by atoms with E-state index in [4.69, 9.17) is 0 Å². The number of hydrogen-bond acceptors (Lipinski definition) is 4. The van der Waals surface area contributed by atoms with Crippen LogP contribution in [0.4, 0.5) is 0 Å². The molecule has 1 N–H and O–H groups in total. The zero-order chi connectivity index (χ0) is 10.2. The number of carbonyl (C=O) groups excluding carboxylic acids is 1. The van der Waals surface area contributed by atoms with Gasteiger partial charge in [0, 0.05) is 18.8 Å². The average Bonchev–Trinajstić information content (AvgIpc) is 2.25. The summed E-state index contributed by atoms with van der Waals surface area (Å²) >= 11 is 0. The summed E-state index contributed by atoms with van der Waals surface area (Å²) in [6.45, 7) is 0. The number of nitrogens with zero attached hydrogens (tertiary/aromatic N) is 2. The summed E-state index contributed by atoms with van der Waals surface area (Å²) in [6, 6.07) is 3.38. The Bertz CT molecular complexity index is 289. The Balaban J connectivity index is 2.66. The Kier molecular flexibility index (Phi) is 4.26. The molecule has 0 saturated carbocycles. The molecule has 0 aliphatic heterocycles. The molecule has 14 heavy (non-hydrogen) atoms.